The number of halogens is 3. The molecule has 2 aromatic rings. The zero-order chi connectivity index (χ0) is 16.4. The van der Waals surface area contributed by atoms with Gasteiger partial charge < -0.3 is 10.3 Å². The Bertz CT molecular complexity index is 772. The lowest BCUT2D eigenvalue weighted by Gasteiger charge is -2.18. The van der Waals surface area contributed by atoms with Gasteiger partial charge in [-0.25, -0.2) is 13.2 Å². The third-order valence-corrected chi connectivity index (χ3v) is 3.38. The van der Waals surface area contributed by atoms with Crippen molar-refractivity contribution in [3.05, 3.63) is 69.4 Å². The molecule has 2 N–H and O–H groups in total. The minimum Gasteiger partial charge on any atom is -0.366 e. The van der Waals surface area contributed by atoms with Crippen molar-refractivity contribution in [2.75, 3.05) is 0 Å². The lowest BCUT2D eigenvalue weighted by Crippen LogP contribution is -2.26. The smallest absolute Gasteiger partial charge is 0.266 e. The van der Waals surface area contributed by atoms with Crippen molar-refractivity contribution in [3.8, 4) is 0 Å². The maximum atomic E-state index is 14.2. The number of benzene rings is 1. The molecule has 116 valence electrons. The zero-order valence-corrected chi connectivity index (χ0v) is 11.6. The first-order valence-electron chi connectivity index (χ1n) is 6.41. The molecule has 1 heterocycles. The van der Waals surface area contributed by atoms with Crippen LogP contribution in [0.25, 0.3) is 0 Å². The summed E-state index contributed by atoms with van der Waals surface area (Å²) in [6, 6.07) is 5.09. The van der Waals surface area contributed by atoms with E-state index in [1.165, 1.54) is 31.3 Å². The van der Waals surface area contributed by atoms with Crippen molar-refractivity contribution < 1.29 is 18.0 Å². The molecule has 0 aliphatic heterocycles. The number of aromatic nitrogens is 1. The van der Waals surface area contributed by atoms with Crippen LogP contribution < -0.4 is 11.3 Å². The molecule has 0 radical (unpaired) electrons. The van der Waals surface area contributed by atoms with E-state index >= 15 is 0 Å². The molecule has 1 amide bonds. The second kappa shape index (κ2) is 6.05. The number of carbonyl (C=O) groups is 1. The third kappa shape index (κ3) is 2.88. The molecule has 1 aromatic heterocycles. The number of pyridine rings is 1. The fraction of sp³-hybridized carbons (Fsp3) is 0.200. The van der Waals surface area contributed by atoms with Gasteiger partial charge in [-0.15, -0.1) is 0 Å². The second-order valence-corrected chi connectivity index (χ2v) is 4.75. The predicted molar refractivity (Wildman–Crippen MR) is 74.4 cm³/mol. The lowest BCUT2D eigenvalue weighted by atomic mass is 10.0. The first-order chi connectivity index (χ1) is 10.3. The maximum Gasteiger partial charge on any atom is 0.266 e. The fourth-order valence-electron chi connectivity index (χ4n) is 2.16. The highest BCUT2D eigenvalue weighted by atomic mass is 19.3. The van der Waals surface area contributed by atoms with Gasteiger partial charge in [0.15, 0.2) is 0 Å². The molecular formula is C15H13F3N2O2. The first kappa shape index (κ1) is 15.8. The van der Waals surface area contributed by atoms with Crippen LogP contribution in [0, 0.1) is 5.82 Å². The summed E-state index contributed by atoms with van der Waals surface area (Å²) in [5.41, 5.74) is 3.90. The molecule has 4 nitrogen and oxygen atoms in total. The first-order valence-corrected chi connectivity index (χ1v) is 6.41. The third-order valence-electron chi connectivity index (χ3n) is 3.38. The quantitative estimate of drug-likeness (QED) is 0.943. The molecule has 7 heteroatoms. The maximum absolute atomic E-state index is 14.2. The van der Waals surface area contributed by atoms with Crippen LogP contribution in [0.2, 0.25) is 0 Å². The van der Waals surface area contributed by atoms with Gasteiger partial charge in [0.05, 0.1) is 17.2 Å². The van der Waals surface area contributed by atoms with Crippen LogP contribution in [-0.4, -0.2) is 10.5 Å². The van der Waals surface area contributed by atoms with Crippen molar-refractivity contribution in [3.63, 3.8) is 0 Å². The summed E-state index contributed by atoms with van der Waals surface area (Å²) in [5.74, 6) is -1.82. The van der Waals surface area contributed by atoms with Gasteiger partial charge in [0.1, 0.15) is 5.82 Å². The van der Waals surface area contributed by atoms with E-state index in [-0.39, 0.29) is 11.1 Å². The van der Waals surface area contributed by atoms with Crippen LogP contribution in [0.5, 0.6) is 0 Å². The Morgan fingerprint density at radius 2 is 1.82 bits per heavy atom. The van der Waals surface area contributed by atoms with Crippen LogP contribution in [0.1, 0.15) is 40.9 Å². The molecule has 2 rings (SSSR count). The average molecular weight is 310 g/mol. The molecule has 0 saturated carbocycles. The number of rotatable bonds is 4. The Kier molecular flexibility index (Phi) is 4.35. The molecule has 1 atom stereocenters. The van der Waals surface area contributed by atoms with Crippen molar-refractivity contribution in [2.45, 2.75) is 19.4 Å². The van der Waals surface area contributed by atoms with E-state index in [0.717, 1.165) is 16.7 Å². The molecule has 0 aliphatic carbocycles. The zero-order valence-electron chi connectivity index (χ0n) is 11.6. The molecule has 22 heavy (non-hydrogen) atoms. The van der Waals surface area contributed by atoms with Crippen LogP contribution in [0.3, 0.4) is 0 Å². The average Bonchev–Trinajstić information content (AvgIpc) is 2.46. The minimum atomic E-state index is -2.96. The van der Waals surface area contributed by atoms with Gasteiger partial charge in [-0.1, -0.05) is 18.2 Å². The van der Waals surface area contributed by atoms with Crippen LogP contribution in [-0.2, 0) is 0 Å². The van der Waals surface area contributed by atoms with E-state index in [2.05, 4.69) is 0 Å². The van der Waals surface area contributed by atoms with Gasteiger partial charge in [0.2, 0.25) is 5.91 Å². The van der Waals surface area contributed by atoms with Gasteiger partial charge in [-0.2, -0.15) is 0 Å². The number of hydrogen-bond acceptors (Lipinski definition) is 2. The summed E-state index contributed by atoms with van der Waals surface area (Å²) < 4.78 is 40.7. The number of carbonyl (C=O) groups excluding carboxylic acids is 1. The number of nitrogens with zero attached hydrogens (tertiary/aromatic N) is 1. The highest BCUT2D eigenvalue weighted by molar-refractivity contribution is 5.92. The highest BCUT2D eigenvalue weighted by Gasteiger charge is 2.21. The summed E-state index contributed by atoms with van der Waals surface area (Å²) in [7, 11) is 0. The number of primary amides is 1. The van der Waals surface area contributed by atoms with E-state index in [1.54, 1.807) is 0 Å². The van der Waals surface area contributed by atoms with Gasteiger partial charge in [0.25, 0.3) is 12.0 Å². The van der Waals surface area contributed by atoms with Gasteiger partial charge in [-0.05, 0) is 13.0 Å². The largest absolute Gasteiger partial charge is 0.366 e. The van der Waals surface area contributed by atoms with E-state index in [1.807, 2.05) is 0 Å². The Labute approximate surface area is 124 Å². The van der Waals surface area contributed by atoms with Gasteiger partial charge in [-0.3, -0.25) is 9.59 Å². The predicted octanol–water partition coefficient (Wildman–Crippen LogP) is 2.63. The van der Waals surface area contributed by atoms with Gasteiger partial charge >= 0.3 is 0 Å². The Balaban J connectivity index is 2.55. The van der Waals surface area contributed by atoms with Crippen LogP contribution in [0.4, 0.5) is 13.2 Å². The van der Waals surface area contributed by atoms with E-state index in [4.69, 9.17) is 5.73 Å². The molecule has 0 fully saturated rings. The molecule has 1 aromatic carbocycles. The second-order valence-electron chi connectivity index (χ2n) is 4.75. The number of amides is 1. The van der Waals surface area contributed by atoms with E-state index in [9.17, 15) is 22.8 Å². The molecule has 1 unspecified atom stereocenters. The molecule has 0 aliphatic rings. The summed E-state index contributed by atoms with van der Waals surface area (Å²) in [5, 5.41) is 0. The van der Waals surface area contributed by atoms with Crippen LogP contribution >= 0.6 is 0 Å². The van der Waals surface area contributed by atoms with Crippen molar-refractivity contribution in [1.29, 1.82) is 0 Å². The lowest BCUT2D eigenvalue weighted by molar-refractivity contribution is 0.0999. The Morgan fingerprint density at radius 1 is 1.18 bits per heavy atom. The van der Waals surface area contributed by atoms with Crippen molar-refractivity contribution in [1.82, 2.24) is 4.57 Å². The SMILES string of the molecule is CC(c1cccc(C(F)F)c1F)n1cc(C(N)=O)ccc1=O. The molecule has 0 bridgehead atoms. The normalized spacial score (nSPS) is 12.4. The Morgan fingerprint density at radius 3 is 2.41 bits per heavy atom. The van der Waals surface area contributed by atoms with E-state index in [0.29, 0.717) is 0 Å². The van der Waals surface area contributed by atoms with Gasteiger partial charge in [0, 0.05) is 17.8 Å². The summed E-state index contributed by atoms with van der Waals surface area (Å²) in [6.07, 6.45) is -1.77. The summed E-state index contributed by atoms with van der Waals surface area (Å²) in [6.45, 7) is 1.47. The Hall–Kier alpha value is -2.57. The fourth-order valence-corrected chi connectivity index (χ4v) is 2.16. The minimum absolute atomic E-state index is 0.0665. The van der Waals surface area contributed by atoms with Crippen molar-refractivity contribution >= 4 is 5.91 Å². The number of nitrogens with two attached hydrogens (primary N) is 1. The monoisotopic (exact) mass is 310 g/mol. The summed E-state index contributed by atoms with van der Waals surface area (Å²) in [4.78, 5) is 23.0. The van der Waals surface area contributed by atoms with Crippen molar-refractivity contribution in [2.24, 2.45) is 5.73 Å². The number of alkyl halides is 2. The molecular weight excluding hydrogens is 297 g/mol. The highest BCUT2D eigenvalue weighted by Crippen LogP contribution is 2.28. The number of hydrogen-bond donors (Lipinski definition) is 1. The topological polar surface area (TPSA) is 65.1 Å². The standard InChI is InChI=1S/C15H13F3N2O2/c1-8(10-3-2-4-11(13(10)16)14(17)18)20-7-9(15(19)22)5-6-12(20)21/h2-8,14H,1H3,(H2,19,22). The molecule has 0 spiro atoms. The summed E-state index contributed by atoms with van der Waals surface area (Å²) >= 11 is 0. The molecule has 0 saturated heterocycles. The van der Waals surface area contributed by atoms with Crippen LogP contribution in [0.15, 0.2) is 41.3 Å². The van der Waals surface area contributed by atoms with E-state index < -0.39 is 35.3 Å².